The van der Waals surface area contributed by atoms with Crippen LogP contribution in [0.3, 0.4) is 0 Å². The van der Waals surface area contributed by atoms with Crippen molar-refractivity contribution in [1.29, 1.82) is 0 Å². The van der Waals surface area contributed by atoms with Crippen molar-refractivity contribution in [2.45, 2.75) is 39.0 Å². The molecule has 2 rings (SSSR count). The van der Waals surface area contributed by atoms with E-state index >= 15 is 0 Å². The fraction of sp³-hybridized carbons (Fsp3) is 0.533. The van der Waals surface area contributed by atoms with Gasteiger partial charge in [-0.2, -0.15) is 0 Å². The molecule has 1 aromatic carbocycles. The van der Waals surface area contributed by atoms with Crippen LogP contribution in [0.1, 0.15) is 49.4 Å². The van der Waals surface area contributed by atoms with Gasteiger partial charge in [-0.25, -0.2) is 0 Å². The third-order valence-electron chi connectivity index (χ3n) is 3.93. The second-order valence-electron chi connectivity index (χ2n) is 5.30. The molecular formula is C15H19ClO2. The van der Waals surface area contributed by atoms with E-state index in [2.05, 4.69) is 6.92 Å². The van der Waals surface area contributed by atoms with Gasteiger partial charge < -0.3 is 4.74 Å². The Morgan fingerprint density at radius 3 is 2.50 bits per heavy atom. The van der Waals surface area contributed by atoms with Crippen LogP contribution in [0.25, 0.3) is 0 Å². The summed E-state index contributed by atoms with van der Waals surface area (Å²) >= 11 is 6.18. The molecule has 1 aromatic rings. The van der Waals surface area contributed by atoms with E-state index in [1.165, 1.54) is 6.42 Å². The largest absolute Gasteiger partial charge is 0.497 e. The predicted octanol–water partition coefficient (Wildman–Crippen LogP) is 4.50. The summed E-state index contributed by atoms with van der Waals surface area (Å²) in [5, 5.41) is 0.492. The van der Waals surface area contributed by atoms with Crippen LogP contribution in [-0.4, -0.2) is 12.9 Å². The Hall–Kier alpha value is -1.02. The first-order chi connectivity index (χ1) is 8.57. The van der Waals surface area contributed by atoms with E-state index in [0.717, 1.165) is 25.7 Å². The molecule has 1 aliphatic rings. The quantitative estimate of drug-likeness (QED) is 0.753. The van der Waals surface area contributed by atoms with E-state index in [9.17, 15) is 4.79 Å². The highest BCUT2D eigenvalue weighted by atomic mass is 35.5. The number of Topliss-reactive ketones (excluding diaryl/α,β-unsaturated/α-hetero) is 1. The SMILES string of the molecule is COc1ccc(C(=O)C2(C)CCCCC2)c(Cl)c1. The molecule has 1 aliphatic carbocycles. The van der Waals surface area contributed by atoms with Crippen LogP contribution >= 0.6 is 11.6 Å². The van der Waals surface area contributed by atoms with Gasteiger partial charge in [-0.05, 0) is 31.0 Å². The number of carbonyl (C=O) groups excluding carboxylic acids is 1. The Balaban J connectivity index is 2.28. The Labute approximate surface area is 113 Å². The standard InChI is InChI=1S/C15H19ClO2/c1-15(8-4-3-5-9-15)14(17)12-7-6-11(18-2)10-13(12)16/h6-7,10H,3-5,8-9H2,1-2H3. The minimum Gasteiger partial charge on any atom is -0.497 e. The molecule has 1 saturated carbocycles. The molecule has 2 nitrogen and oxygen atoms in total. The average molecular weight is 267 g/mol. The smallest absolute Gasteiger partial charge is 0.170 e. The average Bonchev–Trinajstić information content (AvgIpc) is 2.38. The zero-order valence-corrected chi connectivity index (χ0v) is 11.7. The lowest BCUT2D eigenvalue weighted by atomic mass is 9.71. The van der Waals surface area contributed by atoms with Crippen molar-refractivity contribution in [3.05, 3.63) is 28.8 Å². The predicted molar refractivity (Wildman–Crippen MR) is 73.5 cm³/mol. The highest BCUT2D eigenvalue weighted by molar-refractivity contribution is 6.34. The van der Waals surface area contributed by atoms with Crippen molar-refractivity contribution >= 4 is 17.4 Å². The van der Waals surface area contributed by atoms with Crippen LogP contribution < -0.4 is 4.74 Å². The van der Waals surface area contributed by atoms with Gasteiger partial charge in [0.2, 0.25) is 0 Å². The van der Waals surface area contributed by atoms with E-state index in [0.29, 0.717) is 16.3 Å². The first-order valence-electron chi connectivity index (χ1n) is 6.45. The molecule has 0 aliphatic heterocycles. The Morgan fingerprint density at radius 1 is 1.28 bits per heavy atom. The van der Waals surface area contributed by atoms with E-state index in [-0.39, 0.29) is 11.2 Å². The Kier molecular flexibility index (Phi) is 3.96. The molecule has 1 fully saturated rings. The normalized spacial score (nSPS) is 18.4. The molecule has 0 unspecified atom stereocenters. The molecule has 0 heterocycles. The van der Waals surface area contributed by atoms with Crippen LogP contribution in [0.15, 0.2) is 18.2 Å². The first-order valence-corrected chi connectivity index (χ1v) is 6.83. The maximum absolute atomic E-state index is 12.6. The van der Waals surface area contributed by atoms with Crippen LogP contribution in [0.4, 0.5) is 0 Å². The molecule has 18 heavy (non-hydrogen) atoms. The monoisotopic (exact) mass is 266 g/mol. The minimum atomic E-state index is -0.240. The van der Waals surface area contributed by atoms with Crippen molar-refractivity contribution < 1.29 is 9.53 Å². The second kappa shape index (κ2) is 5.31. The van der Waals surface area contributed by atoms with E-state index in [1.807, 2.05) is 0 Å². The summed E-state index contributed by atoms with van der Waals surface area (Å²) < 4.78 is 5.10. The zero-order valence-electron chi connectivity index (χ0n) is 11.0. The highest BCUT2D eigenvalue weighted by Gasteiger charge is 2.35. The van der Waals surface area contributed by atoms with Crippen LogP contribution in [0.2, 0.25) is 5.02 Å². The van der Waals surface area contributed by atoms with E-state index in [4.69, 9.17) is 16.3 Å². The topological polar surface area (TPSA) is 26.3 Å². The maximum Gasteiger partial charge on any atom is 0.170 e. The number of hydrogen-bond donors (Lipinski definition) is 0. The van der Waals surface area contributed by atoms with Crippen molar-refractivity contribution in [2.24, 2.45) is 5.41 Å². The third-order valence-corrected chi connectivity index (χ3v) is 4.24. The number of benzene rings is 1. The lowest BCUT2D eigenvalue weighted by molar-refractivity contribution is 0.0749. The van der Waals surface area contributed by atoms with Gasteiger partial charge in [0, 0.05) is 11.0 Å². The summed E-state index contributed by atoms with van der Waals surface area (Å²) in [7, 11) is 1.59. The zero-order chi connectivity index (χ0) is 13.2. The summed E-state index contributed by atoms with van der Waals surface area (Å²) in [5.41, 5.74) is 0.387. The minimum absolute atomic E-state index is 0.176. The molecule has 0 aromatic heterocycles. The van der Waals surface area contributed by atoms with Gasteiger partial charge in [0.05, 0.1) is 12.1 Å². The summed E-state index contributed by atoms with van der Waals surface area (Å²) in [6.07, 6.45) is 5.44. The molecule has 98 valence electrons. The number of ether oxygens (including phenoxy) is 1. The van der Waals surface area contributed by atoms with Crippen molar-refractivity contribution in [3.8, 4) is 5.75 Å². The molecule has 0 saturated heterocycles. The lowest BCUT2D eigenvalue weighted by Gasteiger charge is -2.32. The van der Waals surface area contributed by atoms with Gasteiger partial charge in [-0.1, -0.05) is 37.8 Å². The first kappa shape index (κ1) is 13.4. The van der Waals surface area contributed by atoms with Gasteiger partial charge in [-0.15, -0.1) is 0 Å². The number of methoxy groups -OCH3 is 1. The molecular weight excluding hydrogens is 248 g/mol. The van der Waals surface area contributed by atoms with Gasteiger partial charge in [0.1, 0.15) is 5.75 Å². The van der Waals surface area contributed by atoms with Gasteiger partial charge in [-0.3, -0.25) is 4.79 Å². The summed E-state index contributed by atoms with van der Waals surface area (Å²) in [5.74, 6) is 0.861. The summed E-state index contributed by atoms with van der Waals surface area (Å²) in [6, 6.07) is 5.29. The highest BCUT2D eigenvalue weighted by Crippen LogP contribution is 2.40. The number of rotatable bonds is 3. The number of ketones is 1. The Bertz CT molecular complexity index is 448. The molecule has 0 bridgehead atoms. The van der Waals surface area contributed by atoms with Crippen LogP contribution in [0.5, 0.6) is 5.75 Å². The van der Waals surface area contributed by atoms with Gasteiger partial charge >= 0.3 is 0 Å². The molecule has 0 radical (unpaired) electrons. The third kappa shape index (κ3) is 2.54. The molecule has 0 spiro atoms. The number of carbonyl (C=O) groups is 1. The number of halogens is 1. The van der Waals surface area contributed by atoms with E-state index in [1.54, 1.807) is 25.3 Å². The molecule has 0 atom stereocenters. The maximum atomic E-state index is 12.6. The summed E-state index contributed by atoms with van der Waals surface area (Å²) in [6.45, 7) is 2.06. The van der Waals surface area contributed by atoms with Crippen molar-refractivity contribution in [1.82, 2.24) is 0 Å². The summed E-state index contributed by atoms with van der Waals surface area (Å²) in [4.78, 5) is 12.6. The Morgan fingerprint density at radius 2 is 1.94 bits per heavy atom. The number of hydrogen-bond acceptors (Lipinski definition) is 2. The molecule has 3 heteroatoms. The van der Waals surface area contributed by atoms with Crippen molar-refractivity contribution in [2.75, 3.05) is 7.11 Å². The van der Waals surface area contributed by atoms with Gasteiger partial charge in [0.25, 0.3) is 0 Å². The lowest BCUT2D eigenvalue weighted by Crippen LogP contribution is -2.30. The fourth-order valence-corrected chi connectivity index (χ4v) is 2.95. The second-order valence-corrected chi connectivity index (χ2v) is 5.70. The fourth-order valence-electron chi connectivity index (χ4n) is 2.69. The van der Waals surface area contributed by atoms with Gasteiger partial charge in [0.15, 0.2) is 5.78 Å². The van der Waals surface area contributed by atoms with Crippen LogP contribution in [0, 0.1) is 5.41 Å². The van der Waals surface area contributed by atoms with Crippen LogP contribution in [-0.2, 0) is 0 Å². The molecule has 0 amide bonds. The van der Waals surface area contributed by atoms with E-state index < -0.39 is 0 Å². The van der Waals surface area contributed by atoms with Crippen molar-refractivity contribution in [3.63, 3.8) is 0 Å². The molecule has 0 N–H and O–H groups in total.